The van der Waals surface area contributed by atoms with Crippen molar-refractivity contribution in [2.45, 2.75) is 39.0 Å². The van der Waals surface area contributed by atoms with Gasteiger partial charge >= 0.3 is 0 Å². The third kappa shape index (κ3) is 3.52. The highest BCUT2D eigenvalue weighted by molar-refractivity contribution is 5.81. The Hall–Kier alpha value is -2.55. The van der Waals surface area contributed by atoms with E-state index in [-0.39, 0.29) is 5.91 Å². The quantitative estimate of drug-likeness (QED) is 0.731. The molecule has 0 spiro atoms. The van der Waals surface area contributed by atoms with Crippen molar-refractivity contribution >= 4 is 16.8 Å². The molecular formula is C23H26N2O. The molecule has 1 atom stereocenters. The zero-order chi connectivity index (χ0) is 18.1. The molecule has 2 aromatic carbocycles. The third-order valence-electron chi connectivity index (χ3n) is 5.49. The van der Waals surface area contributed by atoms with Gasteiger partial charge in [0.05, 0.1) is 6.42 Å². The zero-order valence-electron chi connectivity index (χ0n) is 15.6. The molecule has 1 fully saturated rings. The summed E-state index contributed by atoms with van der Waals surface area (Å²) >= 11 is 0. The number of benzene rings is 2. The molecule has 0 aliphatic carbocycles. The number of hydrogen-bond acceptors (Lipinski definition) is 1. The number of aryl methyl sites for hydroxylation is 2. The highest BCUT2D eigenvalue weighted by atomic mass is 16.2. The van der Waals surface area contributed by atoms with Gasteiger partial charge < -0.3 is 9.88 Å². The fraction of sp³-hybridized carbons (Fsp3) is 0.348. The van der Waals surface area contributed by atoms with Crippen molar-refractivity contribution in [1.82, 2.24) is 9.88 Å². The number of carbonyl (C=O) groups is 1. The lowest BCUT2D eigenvalue weighted by molar-refractivity contribution is -0.131. The van der Waals surface area contributed by atoms with Crippen LogP contribution >= 0.6 is 0 Å². The number of H-pyrrole nitrogens is 1. The summed E-state index contributed by atoms with van der Waals surface area (Å²) in [6, 6.07) is 17.1. The molecule has 1 amide bonds. The first-order valence-electron chi connectivity index (χ1n) is 9.51. The Morgan fingerprint density at radius 3 is 2.65 bits per heavy atom. The molecule has 0 saturated carbocycles. The zero-order valence-corrected chi connectivity index (χ0v) is 15.6. The average Bonchev–Trinajstić information content (AvgIpc) is 3.07. The maximum atomic E-state index is 12.8. The van der Waals surface area contributed by atoms with E-state index in [1.807, 2.05) is 4.90 Å². The van der Waals surface area contributed by atoms with E-state index in [4.69, 9.17) is 0 Å². The predicted octanol–water partition coefficient (Wildman–Crippen LogP) is 4.73. The summed E-state index contributed by atoms with van der Waals surface area (Å²) in [5, 5.41) is 1.27. The number of carbonyl (C=O) groups excluding carboxylic acids is 1. The summed E-state index contributed by atoms with van der Waals surface area (Å²) in [6.45, 7) is 5.89. The van der Waals surface area contributed by atoms with E-state index in [1.165, 1.54) is 27.7 Å². The Labute approximate surface area is 155 Å². The number of fused-ring (bicyclic) bond motifs is 1. The van der Waals surface area contributed by atoms with Crippen molar-refractivity contribution in [1.29, 1.82) is 0 Å². The number of nitrogens with zero attached hydrogens (tertiary/aromatic N) is 1. The maximum absolute atomic E-state index is 12.8. The van der Waals surface area contributed by atoms with Gasteiger partial charge in [-0.2, -0.15) is 0 Å². The molecule has 3 nitrogen and oxygen atoms in total. The van der Waals surface area contributed by atoms with Gasteiger partial charge in [-0.3, -0.25) is 4.79 Å². The summed E-state index contributed by atoms with van der Waals surface area (Å²) in [6.07, 6.45) is 2.71. The smallest absolute Gasteiger partial charge is 0.227 e. The SMILES string of the molecule is Cc1ccc(CC(=O)N2CCCC(c3cc4cc(C)ccc4[nH]3)C2)cc1. The normalized spacial score (nSPS) is 17.6. The average molecular weight is 346 g/mol. The molecule has 0 bridgehead atoms. The van der Waals surface area contributed by atoms with Crippen molar-refractivity contribution in [3.63, 3.8) is 0 Å². The number of nitrogens with one attached hydrogen (secondary N) is 1. The number of aromatic nitrogens is 1. The number of piperidine rings is 1. The fourth-order valence-corrected chi connectivity index (χ4v) is 3.94. The first-order valence-corrected chi connectivity index (χ1v) is 9.51. The molecule has 1 unspecified atom stereocenters. The van der Waals surface area contributed by atoms with E-state index in [2.05, 4.69) is 67.4 Å². The van der Waals surface area contributed by atoms with E-state index in [0.717, 1.165) is 31.5 Å². The molecule has 1 N–H and O–H groups in total. The highest BCUT2D eigenvalue weighted by Crippen LogP contribution is 2.29. The number of aromatic amines is 1. The van der Waals surface area contributed by atoms with Gasteiger partial charge in [0.1, 0.15) is 0 Å². The van der Waals surface area contributed by atoms with Crippen molar-refractivity contribution in [2.75, 3.05) is 13.1 Å². The Balaban J connectivity index is 1.47. The van der Waals surface area contributed by atoms with Crippen LogP contribution in [0.2, 0.25) is 0 Å². The molecule has 1 aliphatic heterocycles. The second kappa shape index (κ2) is 6.99. The minimum atomic E-state index is 0.241. The predicted molar refractivity (Wildman–Crippen MR) is 106 cm³/mol. The molecule has 0 radical (unpaired) electrons. The van der Waals surface area contributed by atoms with Gasteiger partial charge in [0.25, 0.3) is 0 Å². The molecule has 134 valence electrons. The summed E-state index contributed by atoms with van der Waals surface area (Å²) in [4.78, 5) is 18.4. The minimum Gasteiger partial charge on any atom is -0.358 e. The van der Waals surface area contributed by atoms with Gasteiger partial charge in [-0.25, -0.2) is 0 Å². The standard InChI is InChI=1S/C23H26N2O/c1-16-5-8-18(9-6-16)13-23(26)25-11-3-4-19(15-25)22-14-20-12-17(2)7-10-21(20)24-22/h5-10,12,14,19,24H,3-4,11,13,15H2,1-2H3. The number of hydrogen-bond donors (Lipinski definition) is 1. The molecule has 1 aliphatic rings. The monoisotopic (exact) mass is 346 g/mol. The topological polar surface area (TPSA) is 36.1 Å². The van der Waals surface area contributed by atoms with Crippen LogP contribution in [0.5, 0.6) is 0 Å². The van der Waals surface area contributed by atoms with Crippen LogP contribution in [0.15, 0.2) is 48.5 Å². The second-order valence-electron chi connectivity index (χ2n) is 7.66. The van der Waals surface area contributed by atoms with Crippen LogP contribution in [-0.2, 0) is 11.2 Å². The molecule has 1 aromatic heterocycles. The number of rotatable bonds is 3. The Kier molecular flexibility index (Phi) is 4.54. The largest absolute Gasteiger partial charge is 0.358 e. The van der Waals surface area contributed by atoms with Crippen molar-refractivity contribution in [2.24, 2.45) is 0 Å². The van der Waals surface area contributed by atoms with Crippen LogP contribution in [0, 0.1) is 13.8 Å². The van der Waals surface area contributed by atoms with Crippen LogP contribution in [0.3, 0.4) is 0 Å². The molecule has 4 rings (SSSR count). The highest BCUT2D eigenvalue weighted by Gasteiger charge is 2.25. The van der Waals surface area contributed by atoms with Gasteiger partial charge in [-0.1, -0.05) is 41.5 Å². The molecule has 3 aromatic rings. The van der Waals surface area contributed by atoms with E-state index < -0.39 is 0 Å². The lowest BCUT2D eigenvalue weighted by Gasteiger charge is -2.32. The van der Waals surface area contributed by atoms with Gasteiger partial charge in [0, 0.05) is 30.2 Å². The van der Waals surface area contributed by atoms with Crippen molar-refractivity contribution < 1.29 is 4.79 Å². The van der Waals surface area contributed by atoms with E-state index in [0.29, 0.717) is 12.3 Å². The summed E-state index contributed by atoms with van der Waals surface area (Å²) in [5.41, 5.74) is 6.06. The molecular weight excluding hydrogens is 320 g/mol. The summed E-state index contributed by atoms with van der Waals surface area (Å²) in [7, 11) is 0. The summed E-state index contributed by atoms with van der Waals surface area (Å²) < 4.78 is 0. The van der Waals surface area contributed by atoms with Crippen LogP contribution < -0.4 is 0 Å². The molecule has 1 saturated heterocycles. The Morgan fingerprint density at radius 1 is 1.08 bits per heavy atom. The third-order valence-corrected chi connectivity index (χ3v) is 5.49. The van der Waals surface area contributed by atoms with Gasteiger partial charge in [0.2, 0.25) is 5.91 Å². The van der Waals surface area contributed by atoms with E-state index >= 15 is 0 Å². The van der Waals surface area contributed by atoms with Crippen LogP contribution in [0.25, 0.3) is 10.9 Å². The van der Waals surface area contributed by atoms with Crippen molar-refractivity contribution in [3.05, 3.63) is 70.9 Å². The Morgan fingerprint density at radius 2 is 1.85 bits per heavy atom. The summed E-state index contributed by atoms with van der Waals surface area (Å²) in [5.74, 6) is 0.643. The molecule has 3 heteroatoms. The fourth-order valence-electron chi connectivity index (χ4n) is 3.94. The van der Waals surface area contributed by atoms with Crippen LogP contribution in [-0.4, -0.2) is 28.9 Å². The van der Waals surface area contributed by atoms with E-state index in [1.54, 1.807) is 0 Å². The van der Waals surface area contributed by atoms with Gasteiger partial charge in [-0.15, -0.1) is 0 Å². The molecule has 2 heterocycles. The van der Waals surface area contributed by atoms with E-state index in [9.17, 15) is 4.79 Å². The van der Waals surface area contributed by atoms with Crippen LogP contribution in [0.1, 0.15) is 41.1 Å². The number of amides is 1. The first kappa shape index (κ1) is 16.9. The second-order valence-corrected chi connectivity index (χ2v) is 7.66. The van der Waals surface area contributed by atoms with Crippen LogP contribution in [0.4, 0.5) is 0 Å². The maximum Gasteiger partial charge on any atom is 0.227 e. The van der Waals surface area contributed by atoms with Gasteiger partial charge in [-0.05, 0) is 55.8 Å². The number of likely N-dealkylation sites (tertiary alicyclic amines) is 1. The van der Waals surface area contributed by atoms with Crippen molar-refractivity contribution in [3.8, 4) is 0 Å². The van der Waals surface area contributed by atoms with Gasteiger partial charge in [0.15, 0.2) is 0 Å². The lowest BCUT2D eigenvalue weighted by atomic mass is 9.94. The Bertz CT molecular complexity index is 923. The molecule has 26 heavy (non-hydrogen) atoms. The minimum absolute atomic E-state index is 0.241. The lowest BCUT2D eigenvalue weighted by Crippen LogP contribution is -2.40. The first-order chi connectivity index (χ1) is 12.6.